The Labute approximate surface area is 79.8 Å². The van der Waals surface area contributed by atoms with Crippen LogP contribution in [0, 0.1) is 0 Å². The Morgan fingerprint density at radius 2 is 2.15 bits per heavy atom. The molecule has 0 rings (SSSR count). The predicted octanol–water partition coefficient (Wildman–Crippen LogP) is 0.265. The lowest BCUT2D eigenvalue weighted by molar-refractivity contribution is -0.123. The van der Waals surface area contributed by atoms with Crippen LogP contribution in [0.5, 0.6) is 0 Å². The summed E-state index contributed by atoms with van der Waals surface area (Å²) in [5, 5.41) is 2.78. The number of amides is 1. The number of nitrogens with one attached hydrogen (secondary N) is 1. The Bertz CT molecular complexity index is 151. The summed E-state index contributed by atoms with van der Waals surface area (Å²) in [7, 11) is 0. The first-order valence-corrected chi connectivity index (χ1v) is 4.75. The molecule has 0 spiro atoms. The maximum Gasteiger partial charge on any atom is 0.237 e. The molecule has 0 aliphatic carbocycles. The molecule has 0 aromatic rings. The molecule has 0 bridgehead atoms. The SMILES string of the molecule is CCOCC(C)NC(=O)[C@H](N)CC. The molecule has 13 heavy (non-hydrogen) atoms. The fourth-order valence-corrected chi connectivity index (χ4v) is 0.872. The smallest absolute Gasteiger partial charge is 0.237 e. The molecular formula is C9H20N2O2. The average Bonchev–Trinajstić information content (AvgIpc) is 2.13. The highest BCUT2D eigenvalue weighted by Gasteiger charge is 2.13. The van der Waals surface area contributed by atoms with Gasteiger partial charge in [-0.1, -0.05) is 6.92 Å². The summed E-state index contributed by atoms with van der Waals surface area (Å²) in [6.07, 6.45) is 0.660. The van der Waals surface area contributed by atoms with E-state index in [0.29, 0.717) is 19.6 Å². The number of hydrogen-bond acceptors (Lipinski definition) is 3. The van der Waals surface area contributed by atoms with Crippen LogP contribution in [0.2, 0.25) is 0 Å². The molecule has 0 fully saturated rings. The van der Waals surface area contributed by atoms with Gasteiger partial charge in [0, 0.05) is 12.6 Å². The second-order valence-electron chi connectivity index (χ2n) is 3.08. The zero-order valence-electron chi connectivity index (χ0n) is 8.67. The maximum absolute atomic E-state index is 11.3. The standard InChI is InChI=1S/C9H20N2O2/c1-4-8(10)9(12)11-7(3)6-13-5-2/h7-8H,4-6,10H2,1-3H3,(H,11,12)/t7?,8-/m1/s1. The number of hydrogen-bond donors (Lipinski definition) is 2. The second kappa shape index (κ2) is 6.86. The molecule has 4 nitrogen and oxygen atoms in total. The zero-order valence-corrected chi connectivity index (χ0v) is 8.67. The average molecular weight is 188 g/mol. The third-order valence-corrected chi connectivity index (χ3v) is 1.74. The fourth-order valence-electron chi connectivity index (χ4n) is 0.872. The molecule has 1 unspecified atom stereocenters. The van der Waals surface area contributed by atoms with Crippen LogP contribution in [0.25, 0.3) is 0 Å². The minimum absolute atomic E-state index is 0.0325. The van der Waals surface area contributed by atoms with E-state index in [0.717, 1.165) is 0 Å². The van der Waals surface area contributed by atoms with E-state index in [1.165, 1.54) is 0 Å². The Morgan fingerprint density at radius 3 is 2.62 bits per heavy atom. The van der Waals surface area contributed by atoms with Gasteiger partial charge in [0.1, 0.15) is 0 Å². The van der Waals surface area contributed by atoms with E-state index in [4.69, 9.17) is 10.5 Å². The molecule has 0 aliphatic rings. The molecule has 0 saturated carbocycles. The third kappa shape index (κ3) is 5.60. The van der Waals surface area contributed by atoms with Gasteiger partial charge in [0.15, 0.2) is 0 Å². The number of carbonyl (C=O) groups is 1. The van der Waals surface area contributed by atoms with Gasteiger partial charge in [-0.3, -0.25) is 4.79 Å². The van der Waals surface area contributed by atoms with E-state index in [1.54, 1.807) is 0 Å². The largest absolute Gasteiger partial charge is 0.380 e. The van der Waals surface area contributed by atoms with Crippen molar-refractivity contribution < 1.29 is 9.53 Å². The van der Waals surface area contributed by atoms with Gasteiger partial charge in [0.2, 0.25) is 5.91 Å². The maximum atomic E-state index is 11.3. The normalized spacial score (nSPS) is 15.1. The van der Waals surface area contributed by atoms with E-state index in [2.05, 4.69) is 5.32 Å². The number of ether oxygens (including phenoxy) is 1. The first kappa shape index (κ1) is 12.4. The van der Waals surface area contributed by atoms with Crippen LogP contribution in [0.15, 0.2) is 0 Å². The van der Waals surface area contributed by atoms with Gasteiger partial charge in [-0.05, 0) is 20.3 Å². The van der Waals surface area contributed by atoms with Crippen LogP contribution in [-0.4, -0.2) is 31.2 Å². The van der Waals surface area contributed by atoms with E-state index >= 15 is 0 Å². The topological polar surface area (TPSA) is 64.3 Å². The van der Waals surface area contributed by atoms with Gasteiger partial charge < -0.3 is 15.8 Å². The molecule has 0 aromatic heterocycles. The van der Waals surface area contributed by atoms with E-state index in [1.807, 2.05) is 20.8 Å². The molecule has 0 heterocycles. The first-order chi connectivity index (χ1) is 6.11. The van der Waals surface area contributed by atoms with Crippen LogP contribution in [-0.2, 0) is 9.53 Å². The summed E-state index contributed by atoms with van der Waals surface area (Å²) in [6.45, 7) is 6.92. The zero-order chi connectivity index (χ0) is 10.3. The lowest BCUT2D eigenvalue weighted by atomic mass is 10.2. The summed E-state index contributed by atoms with van der Waals surface area (Å²) in [4.78, 5) is 11.3. The molecule has 0 saturated heterocycles. The Kier molecular flexibility index (Phi) is 6.54. The van der Waals surface area contributed by atoms with E-state index in [9.17, 15) is 4.79 Å². The molecule has 78 valence electrons. The highest BCUT2D eigenvalue weighted by molar-refractivity contribution is 5.81. The van der Waals surface area contributed by atoms with Crippen molar-refractivity contribution >= 4 is 5.91 Å². The minimum atomic E-state index is -0.399. The highest BCUT2D eigenvalue weighted by Crippen LogP contribution is 1.89. The number of carbonyl (C=O) groups excluding carboxylic acids is 1. The number of rotatable bonds is 6. The predicted molar refractivity (Wildman–Crippen MR) is 52.4 cm³/mol. The Balaban J connectivity index is 3.64. The minimum Gasteiger partial charge on any atom is -0.380 e. The van der Waals surface area contributed by atoms with Crippen molar-refractivity contribution in [3.05, 3.63) is 0 Å². The van der Waals surface area contributed by atoms with Crippen LogP contribution >= 0.6 is 0 Å². The van der Waals surface area contributed by atoms with Crippen LogP contribution in [0.4, 0.5) is 0 Å². The van der Waals surface area contributed by atoms with Crippen molar-refractivity contribution in [3.8, 4) is 0 Å². The summed E-state index contributed by atoms with van der Waals surface area (Å²) in [6, 6.07) is -0.367. The monoisotopic (exact) mass is 188 g/mol. The van der Waals surface area contributed by atoms with Crippen molar-refractivity contribution in [2.45, 2.75) is 39.3 Å². The lowest BCUT2D eigenvalue weighted by Crippen LogP contribution is -2.45. The van der Waals surface area contributed by atoms with E-state index < -0.39 is 6.04 Å². The van der Waals surface area contributed by atoms with Crippen molar-refractivity contribution in [1.29, 1.82) is 0 Å². The van der Waals surface area contributed by atoms with Gasteiger partial charge in [-0.25, -0.2) is 0 Å². The van der Waals surface area contributed by atoms with Gasteiger partial charge >= 0.3 is 0 Å². The van der Waals surface area contributed by atoms with Crippen molar-refractivity contribution in [3.63, 3.8) is 0 Å². The lowest BCUT2D eigenvalue weighted by Gasteiger charge is -2.16. The first-order valence-electron chi connectivity index (χ1n) is 4.75. The van der Waals surface area contributed by atoms with E-state index in [-0.39, 0.29) is 11.9 Å². The molecule has 0 radical (unpaired) electrons. The molecule has 3 N–H and O–H groups in total. The van der Waals surface area contributed by atoms with Crippen LogP contribution in [0.3, 0.4) is 0 Å². The van der Waals surface area contributed by atoms with Crippen LogP contribution < -0.4 is 11.1 Å². The van der Waals surface area contributed by atoms with Gasteiger partial charge in [-0.15, -0.1) is 0 Å². The molecule has 1 amide bonds. The Morgan fingerprint density at radius 1 is 1.54 bits per heavy atom. The van der Waals surface area contributed by atoms with Crippen molar-refractivity contribution in [2.24, 2.45) is 5.73 Å². The summed E-state index contributed by atoms with van der Waals surface area (Å²) < 4.78 is 5.15. The van der Waals surface area contributed by atoms with Crippen molar-refractivity contribution in [1.82, 2.24) is 5.32 Å². The fraction of sp³-hybridized carbons (Fsp3) is 0.889. The molecule has 2 atom stereocenters. The van der Waals surface area contributed by atoms with Gasteiger partial charge in [0.25, 0.3) is 0 Å². The quantitative estimate of drug-likeness (QED) is 0.628. The molecule has 0 aliphatic heterocycles. The highest BCUT2D eigenvalue weighted by atomic mass is 16.5. The molecule has 0 aromatic carbocycles. The summed E-state index contributed by atoms with van der Waals surface area (Å²) >= 11 is 0. The van der Waals surface area contributed by atoms with Crippen LogP contribution in [0.1, 0.15) is 27.2 Å². The summed E-state index contributed by atoms with van der Waals surface area (Å²) in [5.41, 5.74) is 5.54. The Hall–Kier alpha value is -0.610. The molecule has 4 heteroatoms. The third-order valence-electron chi connectivity index (χ3n) is 1.74. The second-order valence-corrected chi connectivity index (χ2v) is 3.08. The van der Waals surface area contributed by atoms with Crippen molar-refractivity contribution in [2.75, 3.05) is 13.2 Å². The number of nitrogens with two attached hydrogens (primary N) is 1. The molecular weight excluding hydrogens is 168 g/mol. The summed E-state index contributed by atoms with van der Waals surface area (Å²) in [5.74, 6) is -0.102. The van der Waals surface area contributed by atoms with Gasteiger partial charge in [-0.2, -0.15) is 0 Å². The van der Waals surface area contributed by atoms with Gasteiger partial charge in [0.05, 0.1) is 12.6 Å².